The fourth-order valence-electron chi connectivity index (χ4n) is 2.70. The summed E-state index contributed by atoms with van der Waals surface area (Å²) in [6, 6.07) is 4.20. The third-order valence-corrected chi connectivity index (χ3v) is 4.96. The molecule has 4 nitrogen and oxygen atoms in total. The molecule has 6 heteroatoms. The lowest BCUT2D eigenvalue weighted by atomic mass is 10.0. The molecular weight excluding hydrogens is 306 g/mol. The normalized spacial score (nSPS) is 18.8. The van der Waals surface area contributed by atoms with Crippen molar-refractivity contribution in [3.63, 3.8) is 0 Å². The Hall–Kier alpha value is -1.17. The molecule has 0 spiro atoms. The zero-order valence-electron chi connectivity index (χ0n) is 11.7. The minimum atomic E-state index is 0.00442. The van der Waals surface area contributed by atoms with Gasteiger partial charge in [0, 0.05) is 12.5 Å². The molecule has 0 radical (unpaired) electrons. The van der Waals surface area contributed by atoms with Gasteiger partial charge in [-0.3, -0.25) is 4.79 Å². The summed E-state index contributed by atoms with van der Waals surface area (Å²) in [7, 11) is 0. The van der Waals surface area contributed by atoms with Crippen LogP contribution in [0.2, 0.25) is 5.02 Å². The summed E-state index contributed by atoms with van der Waals surface area (Å²) in [6.07, 6.45) is 5.04. The second kappa shape index (κ2) is 6.73. The van der Waals surface area contributed by atoms with Crippen molar-refractivity contribution >= 4 is 44.7 Å². The molecule has 2 N–H and O–H groups in total. The summed E-state index contributed by atoms with van der Waals surface area (Å²) in [5, 5.41) is 6.92. The zero-order valence-corrected chi connectivity index (χ0v) is 13.3. The van der Waals surface area contributed by atoms with Crippen LogP contribution in [0, 0.1) is 0 Å². The predicted molar refractivity (Wildman–Crippen MR) is 88.1 cm³/mol. The summed E-state index contributed by atoms with van der Waals surface area (Å²) in [5.74, 6) is 0.00442. The molecule has 3 rings (SSSR count). The van der Waals surface area contributed by atoms with Gasteiger partial charge in [0.05, 0.1) is 20.9 Å². The van der Waals surface area contributed by atoms with Crippen molar-refractivity contribution in [1.29, 1.82) is 0 Å². The van der Waals surface area contributed by atoms with Crippen molar-refractivity contribution in [1.82, 2.24) is 10.3 Å². The SMILES string of the molecule is O=C(CCC1CCCCN1)Nc1c(Cl)ccc2scnc12. The molecule has 0 bridgehead atoms. The number of piperidine rings is 1. The smallest absolute Gasteiger partial charge is 0.224 e. The van der Waals surface area contributed by atoms with Gasteiger partial charge in [-0.05, 0) is 37.9 Å². The third-order valence-electron chi connectivity index (χ3n) is 3.85. The van der Waals surface area contributed by atoms with Crippen molar-refractivity contribution in [2.75, 3.05) is 11.9 Å². The predicted octanol–water partition coefficient (Wildman–Crippen LogP) is 3.81. The summed E-state index contributed by atoms with van der Waals surface area (Å²) in [5.41, 5.74) is 3.18. The summed E-state index contributed by atoms with van der Waals surface area (Å²) < 4.78 is 1.03. The number of hydrogen-bond acceptors (Lipinski definition) is 4. The maximum absolute atomic E-state index is 12.2. The van der Waals surface area contributed by atoms with Crippen LogP contribution in [0.1, 0.15) is 32.1 Å². The Bertz CT molecular complexity index is 637. The van der Waals surface area contributed by atoms with Gasteiger partial charge in [-0.25, -0.2) is 4.98 Å². The van der Waals surface area contributed by atoms with Crippen LogP contribution in [0.25, 0.3) is 10.2 Å². The largest absolute Gasteiger partial charge is 0.323 e. The average molecular weight is 324 g/mol. The van der Waals surface area contributed by atoms with Crippen LogP contribution in [0.5, 0.6) is 0 Å². The lowest BCUT2D eigenvalue weighted by Crippen LogP contribution is -2.34. The molecule has 1 aromatic carbocycles. The van der Waals surface area contributed by atoms with Gasteiger partial charge in [0.2, 0.25) is 5.91 Å². The first-order valence-electron chi connectivity index (χ1n) is 7.29. The number of carbonyl (C=O) groups is 1. The van der Waals surface area contributed by atoms with E-state index in [-0.39, 0.29) is 5.91 Å². The highest BCUT2D eigenvalue weighted by Crippen LogP contribution is 2.32. The van der Waals surface area contributed by atoms with E-state index in [1.54, 1.807) is 22.9 Å². The Kier molecular flexibility index (Phi) is 4.73. The Balaban J connectivity index is 1.63. The van der Waals surface area contributed by atoms with Crippen LogP contribution in [-0.4, -0.2) is 23.5 Å². The lowest BCUT2D eigenvalue weighted by molar-refractivity contribution is -0.116. The molecule has 0 aliphatic carbocycles. The fraction of sp³-hybridized carbons (Fsp3) is 0.467. The van der Waals surface area contributed by atoms with Crippen molar-refractivity contribution in [2.24, 2.45) is 0 Å². The molecule has 1 amide bonds. The quantitative estimate of drug-likeness (QED) is 0.899. The van der Waals surface area contributed by atoms with Crippen molar-refractivity contribution in [3.05, 3.63) is 22.7 Å². The highest BCUT2D eigenvalue weighted by Gasteiger charge is 2.16. The third kappa shape index (κ3) is 3.54. The topological polar surface area (TPSA) is 54.0 Å². The van der Waals surface area contributed by atoms with Gasteiger partial charge in [-0.2, -0.15) is 0 Å². The highest BCUT2D eigenvalue weighted by atomic mass is 35.5. The number of rotatable bonds is 4. The second-order valence-electron chi connectivity index (χ2n) is 5.36. The number of benzene rings is 1. The molecular formula is C15H18ClN3OS. The van der Waals surface area contributed by atoms with Gasteiger partial charge in [-0.15, -0.1) is 11.3 Å². The molecule has 112 valence electrons. The van der Waals surface area contributed by atoms with E-state index in [1.807, 2.05) is 6.07 Å². The minimum Gasteiger partial charge on any atom is -0.323 e. The number of amides is 1. The van der Waals surface area contributed by atoms with E-state index in [2.05, 4.69) is 15.6 Å². The Morgan fingerprint density at radius 3 is 3.19 bits per heavy atom. The zero-order chi connectivity index (χ0) is 14.7. The summed E-state index contributed by atoms with van der Waals surface area (Å²) in [6.45, 7) is 1.07. The number of anilines is 1. The molecule has 1 unspecified atom stereocenters. The van der Waals surface area contributed by atoms with E-state index in [9.17, 15) is 4.79 Å². The van der Waals surface area contributed by atoms with Gasteiger partial charge in [0.25, 0.3) is 0 Å². The van der Waals surface area contributed by atoms with E-state index in [0.717, 1.165) is 29.6 Å². The van der Waals surface area contributed by atoms with Gasteiger partial charge >= 0.3 is 0 Å². The lowest BCUT2D eigenvalue weighted by Gasteiger charge is -2.23. The average Bonchev–Trinajstić information content (AvgIpc) is 2.98. The molecule has 0 saturated carbocycles. The van der Waals surface area contributed by atoms with Crippen molar-refractivity contribution < 1.29 is 4.79 Å². The van der Waals surface area contributed by atoms with Crippen molar-refractivity contribution in [3.8, 4) is 0 Å². The highest BCUT2D eigenvalue weighted by molar-refractivity contribution is 7.16. The number of hydrogen-bond donors (Lipinski definition) is 2. The maximum atomic E-state index is 12.2. The van der Waals surface area contributed by atoms with Crippen LogP contribution in [0.3, 0.4) is 0 Å². The first-order chi connectivity index (χ1) is 10.2. The molecule has 21 heavy (non-hydrogen) atoms. The molecule has 1 fully saturated rings. The number of aromatic nitrogens is 1. The van der Waals surface area contributed by atoms with E-state index >= 15 is 0 Å². The number of nitrogens with zero attached hydrogens (tertiary/aromatic N) is 1. The first kappa shape index (κ1) is 14.8. The first-order valence-corrected chi connectivity index (χ1v) is 8.55. The van der Waals surface area contributed by atoms with Gasteiger partial charge in [0.1, 0.15) is 5.52 Å². The number of nitrogens with one attached hydrogen (secondary N) is 2. The molecule has 1 aliphatic rings. The number of halogens is 1. The molecule has 1 aliphatic heterocycles. The minimum absolute atomic E-state index is 0.00442. The number of thiazole rings is 1. The van der Waals surface area contributed by atoms with Crippen LogP contribution >= 0.6 is 22.9 Å². The van der Waals surface area contributed by atoms with Gasteiger partial charge in [0.15, 0.2) is 0 Å². The molecule has 2 aromatic rings. The Morgan fingerprint density at radius 2 is 2.38 bits per heavy atom. The molecule has 1 aromatic heterocycles. The molecule has 1 atom stereocenters. The van der Waals surface area contributed by atoms with E-state index in [1.165, 1.54) is 12.8 Å². The van der Waals surface area contributed by atoms with E-state index in [0.29, 0.717) is 23.2 Å². The Morgan fingerprint density at radius 1 is 1.48 bits per heavy atom. The van der Waals surface area contributed by atoms with Crippen LogP contribution in [-0.2, 0) is 4.79 Å². The van der Waals surface area contributed by atoms with Crippen LogP contribution < -0.4 is 10.6 Å². The van der Waals surface area contributed by atoms with Crippen LogP contribution in [0.15, 0.2) is 17.6 Å². The molecule has 1 saturated heterocycles. The van der Waals surface area contributed by atoms with E-state index < -0.39 is 0 Å². The van der Waals surface area contributed by atoms with Crippen molar-refractivity contribution in [2.45, 2.75) is 38.1 Å². The summed E-state index contributed by atoms with van der Waals surface area (Å²) in [4.78, 5) is 16.4. The second-order valence-corrected chi connectivity index (χ2v) is 6.65. The maximum Gasteiger partial charge on any atom is 0.224 e. The monoisotopic (exact) mass is 323 g/mol. The summed E-state index contributed by atoms with van der Waals surface area (Å²) >= 11 is 7.73. The standard InChI is InChI=1S/C15H18ClN3OS/c16-11-5-6-12-15(18-9-21-12)14(11)19-13(20)7-4-10-3-1-2-8-17-10/h5-6,9-10,17H,1-4,7-8H2,(H,19,20). The Labute approximate surface area is 132 Å². The number of carbonyl (C=O) groups excluding carboxylic acids is 1. The van der Waals surface area contributed by atoms with E-state index in [4.69, 9.17) is 11.6 Å². The molecule has 2 heterocycles. The van der Waals surface area contributed by atoms with Gasteiger partial charge in [-0.1, -0.05) is 18.0 Å². The fourth-order valence-corrected chi connectivity index (χ4v) is 3.59. The number of fused-ring (bicyclic) bond motifs is 1. The van der Waals surface area contributed by atoms with Gasteiger partial charge < -0.3 is 10.6 Å². The van der Waals surface area contributed by atoms with Crippen LogP contribution in [0.4, 0.5) is 5.69 Å².